The first-order chi connectivity index (χ1) is 7.93. The van der Waals surface area contributed by atoms with Crippen molar-refractivity contribution in [3.05, 3.63) is 35.4 Å². The van der Waals surface area contributed by atoms with Crippen LogP contribution in [0.5, 0.6) is 0 Å². The van der Waals surface area contributed by atoms with Gasteiger partial charge in [-0.25, -0.2) is 0 Å². The molecule has 3 rings (SSSR count). The van der Waals surface area contributed by atoms with Gasteiger partial charge in [-0.3, -0.25) is 0 Å². The average Bonchev–Trinajstić information content (AvgIpc) is 2.74. The number of rotatable bonds is 2. The molecule has 0 bridgehead atoms. The molecule has 0 amide bonds. The van der Waals surface area contributed by atoms with Gasteiger partial charge in [0, 0.05) is 0 Å². The molecule has 1 N–H and O–H groups in total. The van der Waals surface area contributed by atoms with Crippen LogP contribution in [0, 0.1) is 0 Å². The van der Waals surface area contributed by atoms with Crippen LogP contribution in [-0.4, -0.2) is 19.2 Å². The van der Waals surface area contributed by atoms with Crippen molar-refractivity contribution in [3.8, 4) is 0 Å². The zero-order valence-electron chi connectivity index (χ0n) is 9.61. The Morgan fingerprint density at radius 3 is 2.75 bits per heavy atom. The van der Waals surface area contributed by atoms with Crippen LogP contribution in [0.3, 0.4) is 0 Å². The molecule has 1 aliphatic carbocycles. The molecule has 1 fully saturated rings. The van der Waals surface area contributed by atoms with E-state index in [0.29, 0.717) is 12.2 Å². The summed E-state index contributed by atoms with van der Waals surface area (Å²) in [6.45, 7) is 2.22. The van der Waals surface area contributed by atoms with Gasteiger partial charge in [0.25, 0.3) is 0 Å². The fourth-order valence-corrected chi connectivity index (χ4v) is 2.82. The molecular weight excluding hydrogens is 198 g/mol. The summed E-state index contributed by atoms with van der Waals surface area (Å²) in [7, 11) is 0. The summed E-state index contributed by atoms with van der Waals surface area (Å²) in [4.78, 5) is 0. The van der Waals surface area contributed by atoms with Gasteiger partial charge in [0.2, 0.25) is 0 Å². The standard InChI is InChI=1S/C14H19NO/c1-2-4-13-11(3-1)5-6-14(13)16-12-7-9-15-10-8-12/h1-4,12,14-15H,5-10H2/t14-/m0/s1. The SMILES string of the molecule is c1ccc2c(c1)CC[C@@H]2OC1CCNCC1. The van der Waals surface area contributed by atoms with Crippen LogP contribution in [0.25, 0.3) is 0 Å². The van der Waals surface area contributed by atoms with E-state index in [-0.39, 0.29) is 0 Å². The van der Waals surface area contributed by atoms with Crippen LogP contribution in [0.15, 0.2) is 24.3 Å². The van der Waals surface area contributed by atoms with Gasteiger partial charge in [-0.15, -0.1) is 0 Å². The fourth-order valence-electron chi connectivity index (χ4n) is 2.82. The number of ether oxygens (including phenoxy) is 1. The highest BCUT2D eigenvalue weighted by atomic mass is 16.5. The van der Waals surface area contributed by atoms with E-state index in [1.807, 2.05) is 0 Å². The van der Waals surface area contributed by atoms with Crippen LogP contribution < -0.4 is 5.32 Å². The van der Waals surface area contributed by atoms with Crippen molar-refractivity contribution in [1.29, 1.82) is 0 Å². The number of nitrogens with one attached hydrogen (secondary N) is 1. The van der Waals surface area contributed by atoms with E-state index in [4.69, 9.17) is 4.74 Å². The molecule has 16 heavy (non-hydrogen) atoms. The van der Waals surface area contributed by atoms with E-state index in [1.54, 1.807) is 0 Å². The van der Waals surface area contributed by atoms with Crippen LogP contribution in [-0.2, 0) is 11.2 Å². The zero-order chi connectivity index (χ0) is 10.8. The van der Waals surface area contributed by atoms with E-state index in [9.17, 15) is 0 Å². The summed E-state index contributed by atoms with van der Waals surface area (Å²) in [6, 6.07) is 8.73. The van der Waals surface area contributed by atoms with E-state index in [0.717, 1.165) is 13.1 Å². The molecule has 1 aromatic carbocycles. The van der Waals surface area contributed by atoms with Crippen LogP contribution in [0.2, 0.25) is 0 Å². The first-order valence-electron chi connectivity index (χ1n) is 6.37. The number of hydrogen-bond donors (Lipinski definition) is 1. The number of fused-ring (bicyclic) bond motifs is 1. The summed E-state index contributed by atoms with van der Waals surface area (Å²) in [5.41, 5.74) is 2.92. The summed E-state index contributed by atoms with van der Waals surface area (Å²) in [5.74, 6) is 0. The second-order valence-electron chi connectivity index (χ2n) is 4.81. The molecule has 2 heteroatoms. The Labute approximate surface area is 97.0 Å². The molecule has 1 aromatic rings. The molecular formula is C14H19NO. The minimum Gasteiger partial charge on any atom is -0.370 e. The van der Waals surface area contributed by atoms with Crippen molar-refractivity contribution in [2.45, 2.75) is 37.9 Å². The molecule has 1 saturated heterocycles. The minimum atomic E-state index is 0.360. The van der Waals surface area contributed by atoms with Gasteiger partial charge in [-0.05, 0) is 49.9 Å². The van der Waals surface area contributed by atoms with Crippen LogP contribution in [0.4, 0.5) is 0 Å². The molecule has 86 valence electrons. The second-order valence-corrected chi connectivity index (χ2v) is 4.81. The van der Waals surface area contributed by atoms with E-state index in [2.05, 4.69) is 29.6 Å². The molecule has 0 saturated carbocycles. The Morgan fingerprint density at radius 2 is 1.88 bits per heavy atom. The number of hydrogen-bond acceptors (Lipinski definition) is 2. The van der Waals surface area contributed by atoms with Gasteiger partial charge in [0.05, 0.1) is 12.2 Å². The number of benzene rings is 1. The molecule has 0 radical (unpaired) electrons. The molecule has 1 heterocycles. The fraction of sp³-hybridized carbons (Fsp3) is 0.571. The molecule has 0 spiro atoms. The lowest BCUT2D eigenvalue weighted by atomic mass is 10.1. The van der Waals surface area contributed by atoms with Gasteiger partial charge >= 0.3 is 0 Å². The van der Waals surface area contributed by atoms with Crippen molar-refractivity contribution < 1.29 is 4.74 Å². The van der Waals surface area contributed by atoms with E-state index in [1.165, 1.54) is 36.8 Å². The lowest BCUT2D eigenvalue weighted by molar-refractivity contribution is -0.0268. The maximum absolute atomic E-state index is 6.24. The van der Waals surface area contributed by atoms with Gasteiger partial charge in [-0.1, -0.05) is 24.3 Å². The topological polar surface area (TPSA) is 21.3 Å². The quantitative estimate of drug-likeness (QED) is 0.821. The van der Waals surface area contributed by atoms with Crippen molar-refractivity contribution in [2.24, 2.45) is 0 Å². The largest absolute Gasteiger partial charge is 0.370 e. The van der Waals surface area contributed by atoms with Gasteiger partial charge in [-0.2, -0.15) is 0 Å². The highest BCUT2D eigenvalue weighted by Gasteiger charge is 2.26. The Morgan fingerprint density at radius 1 is 1.06 bits per heavy atom. The Bertz CT molecular complexity index is 358. The summed E-state index contributed by atoms with van der Waals surface area (Å²) >= 11 is 0. The molecule has 0 aromatic heterocycles. The van der Waals surface area contributed by atoms with Gasteiger partial charge in [0.15, 0.2) is 0 Å². The predicted molar refractivity (Wildman–Crippen MR) is 64.5 cm³/mol. The molecule has 2 nitrogen and oxygen atoms in total. The maximum atomic E-state index is 6.24. The van der Waals surface area contributed by atoms with Gasteiger partial charge < -0.3 is 10.1 Å². The summed E-state index contributed by atoms with van der Waals surface area (Å²) < 4.78 is 6.24. The Balaban J connectivity index is 1.68. The highest BCUT2D eigenvalue weighted by Crippen LogP contribution is 2.35. The minimum absolute atomic E-state index is 0.360. The third-order valence-electron chi connectivity index (χ3n) is 3.72. The molecule has 1 atom stereocenters. The first-order valence-corrected chi connectivity index (χ1v) is 6.37. The third-order valence-corrected chi connectivity index (χ3v) is 3.72. The smallest absolute Gasteiger partial charge is 0.0834 e. The van der Waals surface area contributed by atoms with Crippen molar-refractivity contribution >= 4 is 0 Å². The zero-order valence-corrected chi connectivity index (χ0v) is 9.61. The highest BCUT2D eigenvalue weighted by molar-refractivity contribution is 5.33. The van der Waals surface area contributed by atoms with Crippen molar-refractivity contribution in [2.75, 3.05) is 13.1 Å². The lowest BCUT2D eigenvalue weighted by Gasteiger charge is -2.26. The van der Waals surface area contributed by atoms with Crippen LogP contribution in [0.1, 0.15) is 36.5 Å². The third kappa shape index (κ3) is 2.00. The summed E-state index contributed by atoms with van der Waals surface area (Å²) in [6.07, 6.45) is 5.52. The lowest BCUT2D eigenvalue weighted by Crippen LogP contribution is -2.33. The predicted octanol–water partition coefficient (Wildman–Crippen LogP) is 2.44. The van der Waals surface area contributed by atoms with Crippen molar-refractivity contribution in [1.82, 2.24) is 5.32 Å². The van der Waals surface area contributed by atoms with Crippen LogP contribution >= 0.6 is 0 Å². The number of aryl methyl sites for hydroxylation is 1. The normalized spacial score (nSPS) is 25.6. The van der Waals surface area contributed by atoms with E-state index >= 15 is 0 Å². The summed E-state index contributed by atoms with van der Waals surface area (Å²) in [5, 5.41) is 3.38. The van der Waals surface area contributed by atoms with Gasteiger partial charge in [0.1, 0.15) is 0 Å². The average molecular weight is 217 g/mol. The maximum Gasteiger partial charge on any atom is 0.0834 e. The monoisotopic (exact) mass is 217 g/mol. The molecule has 1 aliphatic heterocycles. The Kier molecular flexibility index (Phi) is 2.94. The molecule has 0 unspecified atom stereocenters. The first kappa shape index (κ1) is 10.3. The Hall–Kier alpha value is -0.860. The molecule has 2 aliphatic rings. The van der Waals surface area contributed by atoms with E-state index < -0.39 is 0 Å². The van der Waals surface area contributed by atoms with Crippen molar-refractivity contribution in [3.63, 3.8) is 0 Å². The second kappa shape index (κ2) is 4.56. The number of piperidine rings is 1.